The number of hydrogen-bond acceptors (Lipinski definition) is 3. The van der Waals surface area contributed by atoms with E-state index in [0.717, 1.165) is 4.47 Å². The molecule has 0 aliphatic rings. The maximum absolute atomic E-state index is 12.0. The van der Waals surface area contributed by atoms with Gasteiger partial charge in [0, 0.05) is 15.2 Å². The predicted molar refractivity (Wildman–Crippen MR) is 89.1 cm³/mol. The standard InChI is InChI=1S/C16H13BrClNO3/c1-10(15(20)19-14-8-4-12(17)5-9-14)22-16(21)11-2-6-13(18)7-3-11/h2-10H,1H3,(H,19,20). The van der Waals surface area contributed by atoms with Gasteiger partial charge in [-0.15, -0.1) is 0 Å². The summed E-state index contributed by atoms with van der Waals surface area (Å²) in [5.74, 6) is -0.972. The van der Waals surface area contributed by atoms with E-state index in [4.69, 9.17) is 16.3 Å². The van der Waals surface area contributed by atoms with Crippen LogP contribution in [-0.2, 0) is 9.53 Å². The third-order valence-corrected chi connectivity index (χ3v) is 3.63. The molecule has 1 atom stereocenters. The summed E-state index contributed by atoms with van der Waals surface area (Å²) in [5.41, 5.74) is 0.968. The molecule has 0 saturated heterocycles. The van der Waals surface area contributed by atoms with Crippen molar-refractivity contribution in [2.45, 2.75) is 13.0 Å². The van der Waals surface area contributed by atoms with Crippen LogP contribution in [0.4, 0.5) is 5.69 Å². The van der Waals surface area contributed by atoms with Gasteiger partial charge in [-0.3, -0.25) is 4.79 Å². The van der Waals surface area contributed by atoms with Gasteiger partial charge in [0.15, 0.2) is 6.10 Å². The van der Waals surface area contributed by atoms with Crippen molar-refractivity contribution in [2.24, 2.45) is 0 Å². The predicted octanol–water partition coefficient (Wildman–Crippen LogP) is 4.29. The summed E-state index contributed by atoms with van der Waals surface area (Å²) in [5, 5.41) is 3.20. The number of anilines is 1. The lowest BCUT2D eigenvalue weighted by Gasteiger charge is -2.13. The van der Waals surface area contributed by atoms with Crippen molar-refractivity contribution in [1.29, 1.82) is 0 Å². The third-order valence-electron chi connectivity index (χ3n) is 2.84. The first-order valence-corrected chi connectivity index (χ1v) is 7.66. The van der Waals surface area contributed by atoms with Crippen LogP contribution in [0.1, 0.15) is 17.3 Å². The van der Waals surface area contributed by atoms with Crippen LogP contribution in [0.2, 0.25) is 5.02 Å². The lowest BCUT2D eigenvalue weighted by Crippen LogP contribution is -2.29. The minimum Gasteiger partial charge on any atom is -0.449 e. The second-order valence-corrected chi connectivity index (χ2v) is 5.90. The number of nitrogens with one attached hydrogen (secondary N) is 1. The summed E-state index contributed by atoms with van der Waals surface area (Å²) in [6.45, 7) is 1.52. The number of carbonyl (C=O) groups excluding carboxylic acids is 2. The molecule has 114 valence electrons. The molecule has 6 heteroatoms. The average molecular weight is 383 g/mol. The lowest BCUT2D eigenvalue weighted by atomic mass is 10.2. The van der Waals surface area contributed by atoms with Crippen LogP contribution >= 0.6 is 27.5 Å². The molecule has 0 saturated carbocycles. The highest BCUT2D eigenvalue weighted by Crippen LogP contribution is 2.15. The highest BCUT2D eigenvalue weighted by atomic mass is 79.9. The number of benzene rings is 2. The molecule has 0 spiro atoms. The Bertz CT molecular complexity index is 671. The third kappa shape index (κ3) is 4.58. The van der Waals surface area contributed by atoms with Crippen molar-refractivity contribution < 1.29 is 14.3 Å². The molecule has 2 aromatic rings. The number of rotatable bonds is 4. The Hall–Kier alpha value is -1.85. The lowest BCUT2D eigenvalue weighted by molar-refractivity contribution is -0.123. The van der Waals surface area contributed by atoms with Crippen LogP contribution in [0, 0.1) is 0 Å². The zero-order valence-corrected chi connectivity index (χ0v) is 14.0. The van der Waals surface area contributed by atoms with E-state index in [1.54, 1.807) is 48.5 Å². The van der Waals surface area contributed by atoms with Crippen LogP contribution in [0.3, 0.4) is 0 Å². The Morgan fingerprint density at radius 2 is 1.68 bits per heavy atom. The Kier molecular flexibility index (Phi) is 5.57. The van der Waals surface area contributed by atoms with Gasteiger partial charge in [0.05, 0.1) is 5.56 Å². The van der Waals surface area contributed by atoms with Crippen LogP contribution in [0.5, 0.6) is 0 Å². The number of esters is 1. The van der Waals surface area contributed by atoms with Crippen molar-refractivity contribution in [3.8, 4) is 0 Å². The van der Waals surface area contributed by atoms with E-state index < -0.39 is 18.0 Å². The van der Waals surface area contributed by atoms with Crippen LogP contribution in [0.25, 0.3) is 0 Å². The number of carbonyl (C=O) groups is 2. The van der Waals surface area contributed by atoms with Gasteiger partial charge in [-0.05, 0) is 55.5 Å². The molecule has 0 aliphatic heterocycles. The van der Waals surface area contributed by atoms with E-state index in [1.807, 2.05) is 0 Å². The molecule has 1 unspecified atom stereocenters. The van der Waals surface area contributed by atoms with Gasteiger partial charge in [-0.2, -0.15) is 0 Å². The maximum atomic E-state index is 12.0. The Morgan fingerprint density at radius 1 is 1.09 bits per heavy atom. The van der Waals surface area contributed by atoms with Gasteiger partial charge in [0.25, 0.3) is 5.91 Å². The smallest absolute Gasteiger partial charge is 0.338 e. The largest absolute Gasteiger partial charge is 0.449 e. The van der Waals surface area contributed by atoms with Crippen LogP contribution in [-0.4, -0.2) is 18.0 Å². The summed E-state index contributed by atoms with van der Waals surface area (Å²) in [6.07, 6.45) is -0.910. The molecule has 0 fully saturated rings. The average Bonchev–Trinajstić information content (AvgIpc) is 2.50. The molecule has 1 N–H and O–H groups in total. The molecule has 22 heavy (non-hydrogen) atoms. The second-order valence-electron chi connectivity index (χ2n) is 4.55. The van der Waals surface area contributed by atoms with Gasteiger partial charge < -0.3 is 10.1 Å². The minimum atomic E-state index is -0.910. The van der Waals surface area contributed by atoms with Crippen molar-refractivity contribution >= 4 is 45.1 Å². The van der Waals surface area contributed by atoms with E-state index in [-0.39, 0.29) is 0 Å². The molecule has 0 bridgehead atoms. The molecular weight excluding hydrogens is 370 g/mol. The molecule has 2 rings (SSSR count). The number of halogens is 2. The molecule has 0 radical (unpaired) electrons. The number of hydrogen-bond donors (Lipinski definition) is 1. The van der Waals surface area contributed by atoms with E-state index >= 15 is 0 Å². The summed E-state index contributed by atoms with van der Waals surface area (Å²) in [6, 6.07) is 13.4. The normalized spacial score (nSPS) is 11.6. The molecule has 0 aliphatic carbocycles. The zero-order chi connectivity index (χ0) is 16.1. The molecule has 0 aromatic heterocycles. The zero-order valence-electron chi connectivity index (χ0n) is 11.7. The fourth-order valence-electron chi connectivity index (χ4n) is 1.65. The molecule has 0 heterocycles. The quantitative estimate of drug-likeness (QED) is 0.803. The van der Waals surface area contributed by atoms with Gasteiger partial charge in [0.2, 0.25) is 0 Å². The maximum Gasteiger partial charge on any atom is 0.338 e. The highest BCUT2D eigenvalue weighted by molar-refractivity contribution is 9.10. The van der Waals surface area contributed by atoms with Crippen LogP contribution in [0.15, 0.2) is 53.0 Å². The molecule has 2 aromatic carbocycles. The fraction of sp³-hybridized carbons (Fsp3) is 0.125. The van der Waals surface area contributed by atoms with Gasteiger partial charge in [0.1, 0.15) is 0 Å². The van der Waals surface area contributed by atoms with E-state index in [0.29, 0.717) is 16.3 Å². The SMILES string of the molecule is CC(OC(=O)c1ccc(Cl)cc1)C(=O)Nc1ccc(Br)cc1. The van der Waals surface area contributed by atoms with Gasteiger partial charge >= 0.3 is 5.97 Å². The van der Waals surface area contributed by atoms with Crippen molar-refractivity contribution in [1.82, 2.24) is 0 Å². The van der Waals surface area contributed by atoms with E-state index in [9.17, 15) is 9.59 Å². The summed E-state index contributed by atoms with van der Waals surface area (Å²) < 4.78 is 6.04. The summed E-state index contributed by atoms with van der Waals surface area (Å²) >= 11 is 9.07. The Labute approximate surface area is 141 Å². The first-order valence-electron chi connectivity index (χ1n) is 6.48. The first-order chi connectivity index (χ1) is 10.5. The van der Waals surface area contributed by atoms with Gasteiger partial charge in [-0.1, -0.05) is 27.5 Å². The van der Waals surface area contributed by atoms with E-state index in [2.05, 4.69) is 21.2 Å². The minimum absolute atomic E-state index is 0.340. The van der Waals surface area contributed by atoms with E-state index in [1.165, 1.54) is 6.92 Å². The topological polar surface area (TPSA) is 55.4 Å². The Balaban J connectivity index is 1.94. The molecule has 1 amide bonds. The van der Waals surface area contributed by atoms with Gasteiger partial charge in [-0.25, -0.2) is 4.79 Å². The fourth-order valence-corrected chi connectivity index (χ4v) is 2.04. The monoisotopic (exact) mass is 381 g/mol. The molecular formula is C16H13BrClNO3. The molecule has 4 nitrogen and oxygen atoms in total. The van der Waals surface area contributed by atoms with Crippen molar-refractivity contribution in [3.63, 3.8) is 0 Å². The summed E-state index contributed by atoms with van der Waals surface area (Å²) in [4.78, 5) is 23.9. The Morgan fingerprint density at radius 3 is 2.27 bits per heavy atom. The van der Waals surface area contributed by atoms with Crippen molar-refractivity contribution in [3.05, 3.63) is 63.6 Å². The first kappa shape index (κ1) is 16.5. The van der Waals surface area contributed by atoms with Crippen molar-refractivity contribution in [2.75, 3.05) is 5.32 Å². The van der Waals surface area contributed by atoms with Crippen LogP contribution < -0.4 is 5.32 Å². The number of ether oxygens (including phenoxy) is 1. The number of amides is 1. The highest BCUT2D eigenvalue weighted by Gasteiger charge is 2.19. The second kappa shape index (κ2) is 7.42. The summed E-state index contributed by atoms with van der Waals surface area (Å²) in [7, 11) is 0.